The largest absolute Gasteiger partial charge is 0.480 e. The summed E-state index contributed by atoms with van der Waals surface area (Å²) in [7, 11) is 0. The Morgan fingerprint density at radius 1 is 0.971 bits per heavy atom. The zero-order valence-corrected chi connectivity index (χ0v) is 21.5. The number of aliphatic carboxylic acids is 1. The molecule has 0 saturated carbocycles. The van der Waals surface area contributed by atoms with Gasteiger partial charge in [-0.3, -0.25) is 14.4 Å². The summed E-state index contributed by atoms with van der Waals surface area (Å²) in [5, 5.41) is 17.1. The van der Waals surface area contributed by atoms with E-state index in [1.165, 1.54) is 11.8 Å². The van der Waals surface area contributed by atoms with Crippen LogP contribution in [0.4, 0.5) is 0 Å². The van der Waals surface area contributed by atoms with Crippen molar-refractivity contribution in [2.24, 2.45) is 11.7 Å². The number of carboxylic acids is 1. The molecule has 3 amide bonds. The van der Waals surface area contributed by atoms with E-state index in [9.17, 15) is 24.3 Å². The molecule has 11 heteroatoms. The minimum Gasteiger partial charge on any atom is -0.480 e. The van der Waals surface area contributed by atoms with Gasteiger partial charge in [-0.2, -0.15) is 24.4 Å². The molecule has 0 spiro atoms. The molecule has 0 heterocycles. The smallest absolute Gasteiger partial charge is 0.326 e. The molecule has 4 atom stereocenters. The molecule has 6 N–H and O–H groups in total. The number of benzene rings is 1. The van der Waals surface area contributed by atoms with E-state index in [1.54, 1.807) is 0 Å². The minimum atomic E-state index is -1.13. The third-order valence-electron chi connectivity index (χ3n) is 5.02. The molecule has 0 aliphatic rings. The van der Waals surface area contributed by atoms with Crippen LogP contribution < -0.4 is 21.7 Å². The second kappa shape index (κ2) is 15.6. The van der Waals surface area contributed by atoms with Gasteiger partial charge in [0.25, 0.3) is 0 Å². The zero-order chi connectivity index (χ0) is 25.7. The maximum absolute atomic E-state index is 12.9. The average molecular weight is 513 g/mol. The van der Waals surface area contributed by atoms with Crippen molar-refractivity contribution in [3.05, 3.63) is 35.9 Å². The number of carboxylic acid groups (broad SMARTS) is 1. The highest BCUT2D eigenvalue weighted by atomic mass is 32.2. The van der Waals surface area contributed by atoms with Crippen LogP contribution in [0.25, 0.3) is 0 Å². The fraction of sp³-hybridized carbons (Fsp3) is 0.565. The van der Waals surface area contributed by atoms with Crippen molar-refractivity contribution in [1.29, 1.82) is 0 Å². The molecule has 0 aliphatic carbocycles. The lowest BCUT2D eigenvalue weighted by atomic mass is 10.0. The van der Waals surface area contributed by atoms with Gasteiger partial charge in [-0.15, -0.1) is 0 Å². The highest BCUT2D eigenvalue weighted by molar-refractivity contribution is 7.98. The molecular formula is C23H36N4O5S2. The van der Waals surface area contributed by atoms with Crippen LogP contribution in [0.15, 0.2) is 30.3 Å². The SMILES string of the molecule is CSCCC(NC(=O)C(CC(C)C)NC(=O)C(CS)NC(=O)C(N)Cc1ccccc1)C(=O)O. The summed E-state index contributed by atoms with van der Waals surface area (Å²) in [5.41, 5.74) is 6.89. The van der Waals surface area contributed by atoms with E-state index in [2.05, 4.69) is 28.6 Å². The van der Waals surface area contributed by atoms with Crippen LogP contribution in [-0.4, -0.2) is 70.7 Å². The van der Waals surface area contributed by atoms with Gasteiger partial charge in [0.2, 0.25) is 17.7 Å². The Morgan fingerprint density at radius 2 is 1.53 bits per heavy atom. The Morgan fingerprint density at radius 3 is 2.06 bits per heavy atom. The molecule has 0 radical (unpaired) electrons. The normalized spacial score (nSPS) is 14.5. The van der Waals surface area contributed by atoms with Gasteiger partial charge in [-0.05, 0) is 42.8 Å². The highest BCUT2D eigenvalue weighted by Gasteiger charge is 2.30. The van der Waals surface area contributed by atoms with Crippen LogP contribution >= 0.6 is 24.4 Å². The third kappa shape index (κ3) is 10.8. The fourth-order valence-electron chi connectivity index (χ4n) is 3.17. The summed E-state index contributed by atoms with van der Waals surface area (Å²) in [6.07, 6.45) is 2.71. The van der Waals surface area contributed by atoms with Crippen molar-refractivity contribution >= 4 is 48.1 Å². The molecular weight excluding hydrogens is 476 g/mol. The number of nitrogens with two attached hydrogens (primary N) is 1. The molecule has 0 saturated heterocycles. The Balaban J connectivity index is 2.81. The van der Waals surface area contributed by atoms with Gasteiger partial charge in [-0.25, -0.2) is 4.79 Å². The van der Waals surface area contributed by atoms with Gasteiger partial charge >= 0.3 is 5.97 Å². The lowest BCUT2D eigenvalue weighted by molar-refractivity contribution is -0.142. The number of thiol groups is 1. The molecule has 9 nitrogen and oxygen atoms in total. The van der Waals surface area contributed by atoms with Gasteiger partial charge in [-0.1, -0.05) is 44.2 Å². The Bertz CT molecular complexity index is 810. The van der Waals surface area contributed by atoms with Gasteiger partial charge in [0.15, 0.2) is 0 Å². The number of carbonyl (C=O) groups excluding carboxylic acids is 3. The number of carbonyl (C=O) groups is 4. The number of hydrogen-bond donors (Lipinski definition) is 6. The van der Waals surface area contributed by atoms with E-state index in [4.69, 9.17) is 5.73 Å². The molecule has 1 aromatic rings. The molecule has 190 valence electrons. The second-order valence-electron chi connectivity index (χ2n) is 8.41. The molecule has 0 aliphatic heterocycles. The molecule has 0 bridgehead atoms. The summed E-state index contributed by atoms with van der Waals surface area (Å²) in [6.45, 7) is 3.77. The van der Waals surface area contributed by atoms with Gasteiger partial charge in [0, 0.05) is 5.75 Å². The highest BCUT2D eigenvalue weighted by Crippen LogP contribution is 2.08. The van der Waals surface area contributed by atoms with E-state index >= 15 is 0 Å². The molecule has 0 aromatic heterocycles. The summed E-state index contributed by atoms with van der Waals surface area (Å²) >= 11 is 5.64. The van der Waals surface area contributed by atoms with Crippen LogP contribution in [0.3, 0.4) is 0 Å². The maximum Gasteiger partial charge on any atom is 0.326 e. The van der Waals surface area contributed by atoms with Crippen LogP contribution in [0, 0.1) is 5.92 Å². The molecule has 0 fully saturated rings. The first kappa shape index (κ1) is 29.8. The average Bonchev–Trinajstić information content (AvgIpc) is 2.79. The minimum absolute atomic E-state index is 0.00286. The summed E-state index contributed by atoms with van der Waals surface area (Å²) in [5.74, 6) is -2.20. The van der Waals surface area contributed by atoms with Crippen molar-refractivity contribution in [3.8, 4) is 0 Å². The van der Waals surface area contributed by atoms with Crippen LogP contribution in [0.5, 0.6) is 0 Å². The Hall–Kier alpha value is -2.24. The van der Waals surface area contributed by atoms with Crippen molar-refractivity contribution in [3.63, 3.8) is 0 Å². The molecule has 1 rings (SSSR count). The number of hydrogen-bond acceptors (Lipinski definition) is 7. The predicted molar refractivity (Wildman–Crippen MR) is 138 cm³/mol. The van der Waals surface area contributed by atoms with Gasteiger partial charge in [0.05, 0.1) is 6.04 Å². The quantitative estimate of drug-likeness (QED) is 0.190. The lowest BCUT2D eigenvalue weighted by Gasteiger charge is -2.25. The first-order chi connectivity index (χ1) is 16.1. The van der Waals surface area contributed by atoms with Crippen molar-refractivity contribution in [1.82, 2.24) is 16.0 Å². The fourth-order valence-corrected chi connectivity index (χ4v) is 3.90. The van der Waals surface area contributed by atoms with Crippen LogP contribution in [-0.2, 0) is 25.6 Å². The monoisotopic (exact) mass is 512 g/mol. The lowest BCUT2D eigenvalue weighted by Crippen LogP contribution is -2.58. The van der Waals surface area contributed by atoms with Crippen LogP contribution in [0.1, 0.15) is 32.3 Å². The number of rotatable bonds is 15. The number of nitrogens with one attached hydrogen (secondary N) is 3. The van der Waals surface area contributed by atoms with Crippen molar-refractivity contribution in [2.45, 2.75) is 57.3 Å². The van der Waals surface area contributed by atoms with Gasteiger partial charge in [0.1, 0.15) is 18.1 Å². The summed E-state index contributed by atoms with van der Waals surface area (Å²) < 4.78 is 0. The topological polar surface area (TPSA) is 151 Å². The van der Waals surface area contributed by atoms with E-state index < -0.39 is 47.9 Å². The van der Waals surface area contributed by atoms with E-state index in [1.807, 2.05) is 50.4 Å². The van der Waals surface area contributed by atoms with E-state index in [0.29, 0.717) is 18.6 Å². The van der Waals surface area contributed by atoms with E-state index in [0.717, 1.165) is 5.56 Å². The van der Waals surface area contributed by atoms with Crippen molar-refractivity contribution < 1.29 is 24.3 Å². The molecule has 1 aromatic carbocycles. The van der Waals surface area contributed by atoms with Gasteiger partial charge < -0.3 is 26.8 Å². The Kier molecular flexibility index (Phi) is 13.7. The summed E-state index contributed by atoms with van der Waals surface area (Å²) in [4.78, 5) is 49.7. The first-order valence-corrected chi connectivity index (χ1v) is 13.1. The Labute approximate surface area is 210 Å². The van der Waals surface area contributed by atoms with Crippen molar-refractivity contribution in [2.75, 3.05) is 17.8 Å². The second-order valence-corrected chi connectivity index (χ2v) is 9.76. The standard InChI is InChI=1S/C23H36N4O5S2/c1-14(2)11-18(21(29)25-17(23(31)32)9-10-34-3)26-22(30)19(13-33)27-20(28)16(24)12-15-7-5-4-6-8-15/h4-8,14,16-19,33H,9-13,24H2,1-3H3,(H,25,29)(H,26,30)(H,27,28)(H,31,32). The van der Waals surface area contributed by atoms with E-state index in [-0.39, 0.29) is 18.1 Å². The molecule has 4 unspecified atom stereocenters. The molecule has 34 heavy (non-hydrogen) atoms. The van der Waals surface area contributed by atoms with Crippen LogP contribution in [0.2, 0.25) is 0 Å². The zero-order valence-electron chi connectivity index (χ0n) is 19.8. The number of thioether (sulfide) groups is 1. The first-order valence-electron chi connectivity index (χ1n) is 11.1. The summed E-state index contributed by atoms with van der Waals surface area (Å²) in [6, 6.07) is 5.39. The predicted octanol–water partition coefficient (Wildman–Crippen LogP) is 0.824. The third-order valence-corrected chi connectivity index (χ3v) is 6.03. The number of amides is 3. The maximum atomic E-state index is 12.9.